The van der Waals surface area contributed by atoms with Crippen LogP contribution >= 0.6 is 0 Å². The first kappa shape index (κ1) is 3.33. The molecule has 0 bridgehead atoms. The average molecular weight is 84.1 g/mol. The number of hydrogen-bond acceptors (Lipinski definition) is 3. The second-order valence-electron chi connectivity index (χ2n) is 0.900. The summed E-state index contributed by atoms with van der Waals surface area (Å²) in [6.07, 6.45) is 2.08. The van der Waals surface area contributed by atoms with Crippen LogP contribution in [0.15, 0.2) is 5.16 Å². The maximum atomic E-state index is 9.91. The summed E-state index contributed by atoms with van der Waals surface area (Å²) in [4.78, 5) is 14.1. The highest BCUT2D eigenvalue weighted by atomic mass is 16.6. The fourth-order valence-corrected chi connectivity index (χ4v) is 0.206. The van der Waals surface area contributed by atoms with Crippen LogP contribution < -0.4 is 0 Å². The van der Waals surface area contributed by atoms with Crippen molar-refractivity contribution < 1.29 is 9.63 Å². The van der Waals surface area contributed by atoms with Gasteiger partial charge in [0.1, 0.15) is 0 Å². The Morgan fingerprint density at radius 1 is 2.00 bits per heavy atom. The fraction of sp³-hybridized carbons (Fsp3) is 0.333. The number of ketones is 1. The second-order valence-corrected chi connectivity index (χ2v) is 0.900. The van der Waals surface area contributed by atoms with Gasteiger partial charge in [0, 0.05) is 0 Å². The normalized spacial score (nSPS) is 18.3. The van der Waals surface area contributed by atoms with Crippen LogP contribution in [-0.4, -0.2) is 18.6 Å². The Kier molecular flexibility index (Phi) is 0.602. The third-order valence-corrected chi connectivity index (χ3v) is 0.431. The lowest BCUT2D eigenvalue weighted by atomic mass is 10.5. The van der Waals surface area contributed by atoms with E-state index in [1.54, 1.807) is 0 Å². The molecule has 6 heavy (non-hydrogen) atoms. The van der Waals surface area contributed by atoms with Crippen LogP contribution in [0.4, 0.5) is 0 Å². The molecule has 0 atom stereocenters. The maximum Gasteiger partial charge on any atom is 0.227 e. The summed E-state index contributed by atoms with van der Waals surface area (Å²) < 4.78 is 0. The van der Waals surface area contributed by atoms with Crippen LogP contribution in [0.2, 0.25) is 0 Å². The minimum Gasteiger partial charge on any atom is -0.387 e. The molecule has 3 nitrogen and oxygen atoms in total. The van der Waals surface area contributed by atoms with E-state index in [0.717, 1.165) is 0 Å². The first-order valence-electron chi connectivity index (χ1n) is 1.50. The molecular formula is C3H2NO2. The van der Waals surface area contributed by atoms with Gasteiger partial charge in [0.05, 0.1) is 0 Å². The van der Waals surface area contributed by atoms with E-state index >= 15 is 0 Å². The first-order valence-corrected chi connectivity index (χ1v) is 1.50. The molecule has 1 aliphatic heterocycles. The van der Waals surface area contributed by atoms with Crippen LogP contribution in [0.1, 0.15) is 0 Å². The highest BCUT2D eigenvalue weighted by Crippen LogP contribution is 1.82. The first-order chi connectivity index (χ1) is 2.89. The van der Waals surface area contributed by atoms with Gasteiger partial charge in [0.2, 0.25) is 5.78 Å². The predicted molar refractivity (Wildman–Crippen MR) is 18.4 cm³/mol. The molecule has 0 spiro atoms. The molecule has 0 amide bonds. The quantitative estimate of drug-likeness (QED) is 0.395. The van der Waals surface area contributed by atoms with Gasteiger partial charge in [-0.2, -0.15) is 0 Å². The molecule has 0 saturated heterocycles. The number of nitrogens with zero attached hydrogens (tertiary/aromatic N) is 1. The second kappa shape index (κ2) is 1.08. The van der Waals surface area contributed by atoms with Crippen LogP contribution in [-0.2, 0) is 9.63 Å². The van der Waals surface area contributed by atoms with E-state index in [-0.39, 0.29) is 12.4 Å². The van der Waals surface area contributed by atoms with Gasteiger partial charge < -0.3 is 4.84 Å². The van der Waals surface area contributed by atoms with E-state index in [9.17, 15) is 4.79 Å². The highest BCUT2D eigenvalue weighted by Gasteiger charge is 2.03. The van der Waals surface area contributed by atoms with E-state index in [0.29, 0.717) is 0 Å². The van der Waals surface area contributed by atoms with Crippen molar-refractivity contribution in [1.82, 2.24) is 0 Å². The van der Waals surface area contributed by atoms with E-state index in [1.807, 2.05) is 0 Å². The number of carbonyl (C=O) groups is 1. The van der Waals surface area contributed by atoms with Gasteiger partial charge in [-0.25, -0.2) is 0 Å². The number of rotatable bonds is 0. The summed E-state index contributed by atoms with van der Waals surface area (Å²) >= 11 is 0. The van der Waals surface area contributed by atoms with E-state index in [1.165, 1.54) is 0 Å². The van der Waals surface area contributed by atoms with E-state index in [2.05, 4.69) is 16.2 Å². The SMILES string of the molecule is O=C1[C]=NOC1. The summed E-state index contributed by atoms with van der Waals surface area (Å²) in [6.45, 7) is 0.0694. The average Bonchev–Trinajstić information content (AvgIpc) is 1.86. The van der Waals surface area contributed by atoms with Crippen molar-refractivity contribution in [1.29, 1.82) is 0 Å². The molecule has 0 aromatic rings. The summed E-state index contributed by atoms with van der Waals surface area (Å²) in [5.74, 6) is -0.185. The molecule has 0 unspecified atom stereocenters. The standard InChI is InChI=1S/C3H2NO2/c5-3-1-4-6-2-3/h2H2. The minimum absolute atomic E-state index is 0.0694. The van der Waals surface area contributed by atoms with Crippen molar-refractivity contribution in [3.63, 3.8) is 0 Å². The van der Waals surface area contributed by atoms with E-state index in [4.69, 9.17) is 0 Å². The maximum absolute atomic E-state index is 9.91. The molecule has 0 N–H and O–H groups in total. The molecule has 0 aliphatic carbocycles. The lowest BCUT2D eigenvalue weighted by Crippen LogP contribution is -1.96. The molecule has 0 saturated carbocycles. The lowest BCUT2D eigenvalue weighted by molar-refractivity contribution is -0.114. The topological polar surface area (TPSA) is 38.7 Å². The Labute approximate surface area is 34.6 Å². The summed E-state index contributed by atoms with van der Waals surface area (Å²) in [5, 5.41) is 3.06. The molecule has 0 aromatic carbocycles. The van der Waals surface area contributed by atoms with Crippen molar-refractivity contribution in [2.75, 3.05) is 6.61 Å². The molecule has 1 aliphatic rings. The summed E-state index contributed by atoms with van der Waals surface area (Å²) in [6, 6.07) is 0. The van der Waals surface area contributed by atoms with Crippen LogP contribution in [0.5, 0.6) is 0 Å². The van der Waals surface area contributed by atoms with Crippen molar-refractivity contribution in [3.05, 3.63) is 0 Å². The molecule has 1 heterocycles. The third-order valence-electron chi connectivity index (χ3n) is 0.431. The van der Waals surface area contributed by atoms with Crippen molar-refractivity contribution in [3.8, 4) is 0 Å². The zero-order chi connectivity index (χ0) is 4.41. The van der Waals surface area contributed by atoms with Crippen molar-refractivity contribution in [2.24, 2.45) is 5.16 Å². The minimum atomic E-state index is -0.185. The van der Waals surface area contributed by atoms with Gasteiger partial charge in [0.15, 0.2) is 12.8 Å². The fourth-order valence-electron chi connectivity index (χ4n) is 0.206. The molecule has 3 heteroatoms. The molecule has 1 rings (SSSR count). The molecule has 0 fully saturated rings. The number of Topliss-reactive ketones (excluding diaryl/α,β-unsaturated/α-hetero) is 1. The number of carbonyl (C=O) groups excluding carboxylic acids is 1. The van der Waals surface area contributed by atoms with E-state index < -0.39 is 0 Å². The van der Waals surface area contributed by atoms with Crippen LogP contribution in [0, 0.1) is 0 Å². The van der Waals surface area contributed by atoms with Gasteiger partial charge in [-0.3, -0.25) is 4.79 Å². The smallest absolute Gasteiger partial charge is 0.227 e. The molecule has 0 aromatic heterocycles. The largest absolute Gasteiger partial charge is 0.387 e. The zero-order valence-electron chi connectivity index (χ0n) is 2.97. The lowest BCUT2D eigenvalue weighted by Gasteiger charge is -1.75. The highest BCUT2D eigenvalue weighted by molar-refractivity contribution is 6.28. The Morgan fingerprint density at radius 2 is 2.83 bits per heavy atom. The van der Waals surface area contributed by atoms with Gasteiger partial charge in [-0.05, 0) is 0 Å². The van der Waals surface area contributed by atoms with Crippen molar-refractivity contribution >= 4 is 12.0 Å². The molecule has 1 radical (unpaired) electrons. The molecule has 31 valence electrons. The predicted octanol–water partition coefficient (Wildman–Crippen LogP) is -0.552. The van der Waals surface area contributed by atoms with Gasteiger partial charge in [-0.15, -0.1) is 0 Å². The zero-order valence-corrected chi connectivity index (χ0v) is 2.97. The van der Waals surface area contributed by atoms with Crippen LogP contribution in [0.25, 0.3) is 0 Å². The van der Waals surface area contributed by atoms with Gasteiger partial charge in [0.25, 0.3) is 0 Å². The van der Waals surface area contributed by atoms with Gasteiger partial charge in [-0.1, -0.05) is 5.16 Å². The van der Waals surface area contributed by atoms with Crippen molar-refractivity contribution in [2.45, 2.75) is 0 Å². The Balaban J connectivity index is 2.59. The Bertz CT molecular complexity index is 97.0. The molecular weight excluding hydrogens is 82.0 g/mol. The third kappa shape index (κ3) is 0.381. The summed E-state index contributed by atoms with van der Waals surface area (Å²) in [7, 11) is 0. The Hall–Kier alpha value is -0.860. The number of hydrogen-bond donors (Lipinski definition) is 0. The monoisotopic (exact) mass is 84.0 g/mol. The van der Waals surface area contributed by atoms with Gasteiger partial charge >= 0.3 is 0 Å². The van der Waals surface area contributed by atoms with Crippen LogP contribution in [0.3, 0.4) is 0 Å². The Morgan fingerprint density at radius 3 is 3.00 bits per heavy atom. The summed E-state index contributed by atoms with van der Waals surface area (Å²) in [5.41, 5.74) is 0.